The molecular formula is C28H60O16P2PtS4. The maximum absolute atomic E-state index is 5.39. The molecule has 0 radical (unpaired) electrons. The molecule has 0 saturated heterocycles. The molecule has 51 heavy (non-hydrogen) atoms. The van der Waals surface area contributed by atoms with Crippen molar-refractivity contribution in [2.45, 2.75) is 0 Å². The van der Waals surface area contributed by atoms with E-state index in [0.29, 0.717) is 159 Å². The molecule has 312 valence electrons. The van der Waals surface area contributed by atoms with E-state index in [-0.39, 0.29) is 21.1 Å². The first kappa shape index (κ1) is 57.4. The van der Waals surface area contributed by atoms with Gasteiger partial charge in [0.15, 0.2) is 0 Å². The fraction of sp³-hybridized carbons (Fsp3) is 1.00. The summed E-state index contributed by atoms with van der Waals surface area (Å²) in [6.45, 7) is 11.2. The Morgan fingerprint density at radius 3 is 0.588 bits per heavy atom. The molecule has 0 rings (SSSR count). The Morgan fingerprint density at radius 2 is 0.431 bits per heavy atom. The summed E-state index contributed by atoms with van der Waals surface area (Å²) < 4.78 is 83.4. The topological polar surface area (TPSA) is 148 Å². The average Bonchev–Trinajstić information content (AvgIpc) is 3.09. The van der Waals surface area contributed by atoms with Gasteiger partial charge in [-0.15, -0.1) is 0 Å². The van der Waals surface area contributed by atoms with Gasteiger partial charge in [-0.05, 0) is 0 Å². The summed E-state index contributed by atoms with van der Waals surface area (Å²) in [5.41, 5.74) is -5.34. The third-order valence-electron chi connectivity index (χ3n) is 5.12. The molecule has 0 heterocycles. The minimum atomic E-state index is -2.67. The van der Waals surface area contributed by atoms with E-state index in [0.717, 1.165) is 0 Å². The van der Waals surface area contributed by atoms with Crippen molar-refractivity contribution in [2.75, 3.05) is 187 Å². The smallest absolute Gasteiger partial charge is 0.691 e. The van der Waals surface area contributed by atoms with Crippen LogP contribution in [0.1, 0.15) is 0 Å². The van der Waals surface area contributed by atoms with E-state index in [1.165, 1.54) is 0 Å². The standard InChI is InChI=1S/2C14H31O8PS2.Pt/c2*1-15-3-5-17-7-9-19-11-13-21-23(24,25)22-14-12-20-10-8-18-6-4-16-2;/h2*3-14H2,1-2H3,(H,24,25);/q;;+2/p-2. The third kappa shape index (κ3) is 52.0. The summed E-state index contributed by atoms with van der Waals surface area (Å²) in [6, 6.07) is 0. The monoisotopic (exact) mass is 1040 g/mol. The van der Waals surface area contributed by atoms with Crippen molar-refractivity contribution in [3.8, 4) is 0 Å². The average molecular weight is 1040 g/mol. The minimum absolute atomic E-state index is 0. The zero-order valence-electron chi connectivity index (χ0n) is 30.3. The minimum Gasteiger partial charge on any atom is -0.691 e. The molecule has 16 nitrogen and oxygen atoms in total. The van der Waals surface area contributed by atoms with Gasteiger partial charge in [0.05, 0.1) is 170 Å². The van der Waals surface area contributed by atoms with E-state index in [1.807, 2.05) is 0 Å². The van der Waals surface area contributed by atoms with E-state index >= 15 is 0 Å². The van der Waals surface area contributed by atoms with E-state index in [9.17, 15) is 0 Å². The Hall–Kier alpha value is 2.05. The van der Waals surface area contributed by atoms with Crippen molar-refractivity contribution in [1.82, 2.24) is 0 Å². The van der Waals surface area contributed by atoms with E-state index in [2.05, 4.69) is 0 Å². The number of methoxy groups -OCH3 is 4. The predicted molar refractivity (Wildman–Crippen MR) is 201 cm³/mol. The normalized spacial score (nSPS) is 11.7. The van der Waals surface area contributed by atoms with Gasteiger partial charge in [0.2, 0.25) is 0 Å². The van der Waals surface area contributed by atoms with Gasteiger partial charge in [-0.2, -0.15) is 0 Å². The number of ether oxygens (including phenoxy) is 12. The van der Waals surface area contributed by atoms with Crippen molar-refractivity contribution in [3.05, 3.63) is 0 Å². The van der Waals surface area contributed by atoms with Crippen LogP contribution in [0.4, 0.5) is 0 Å². The van der Waals surface area contributed by atoms with Crippen LogP contribution in [0.2, 0.25) is 0 Å². The maximum Gasteiger partial charge on any atom is 2.00 e. The van der Waals surface area contributed by atoms with Crippen molar-refractivity contribution >= 4 is 59.5 Å². The second kappa shape index (κ2) is 46.4. The molecule has 0 unspecified atom stereocenters. The number of hydrogen-bond acceptors (Lipinski definition) is 20. The van der Waals surface area contributed by atoms with Crippen LogP contribution in [-0.2, 0) is 144 Å². The summed E-state index contributed by atoms with van der Waals surface area (Å²) in [5, 5.41) is 0. The molecule has 0 bridgehead atoms. The van der Waals surface area contributed by atoms with Crippen molar-refractivity contribution < 1.29 is 96.0 Å². The molecule has 0 spiro atoms. The van der Waals surface area contributed by atoms with E-state index in [4.69, 9.17) is 123 Å². The van der Waals surface area contributed by atoms with Crippen LogP contribution in [0.15, 0.2) is 0 Å². The van der Waals surface area contributed by atoms with E-state index in [1.54, 1.807) is 28.4 Å². The van der Waals surface area contributed by atoms with Crippen LogP contribution in [0.3, 0.4) is 0 Å². The van der Waals surface area contributed by atoms with Gasteiger partial charge in [0.1, 0.15) is 0 Å². The Morgan fingerprint density at radius 1 is 0.294 bits per heavy atom. The van der Waals surface area contributed by atoms with Gasteiger partial charge >= 0.3 is 21.1 Å². The fourth-order valence-electron chi connectivity index (χ4n) is 2.76. The molecule has 0 aromatic heterocycles. The third-order valence-corrected chi connectivity index (χ3v) is 9.65. The van der Waals surface area contributed by atoms with Crippen LogP contribution in [0, 0.1) is 0 Å². The maximum atomic E-state index is 5.39. The Kier molecular flexibility index (Phi) is 52.2. The first-order valence-electron chi connectivity index (χ1n) is 16.0. The number of rotatable bonds is 40. The predicted octanol–water partition coefficient (Wildman–Crippen LogP) is 2.30. The van der Waals surface area contributed by atoms with Gasteiger partial charge in [0.25, 0.3) is 0 Å². The van der Waals surface area contributed by atoms with Gasteiger partial charge < -0.3 is 99.4 Å². The summed E-state index contributed by atoms with van der Waals surface area (Å²) in [7, 11) is 6.51. The molecule has 0 aromatic carbocycles. The Balaban J connectivity index is -0.000000886. The van der Waals surface area contributed by atoms with Crippen LogP contribution in [0.25, 0.3) is 0 Å². The quantitative estimate of drug-likeness (QED) is 0.0502. The molecule has 0 aromatic rings. The zero-order valence-corrected chi connectivity index (χ0v) is 37.7. The Bertz CT molecular complexity index is 666. The SMILES string of the molecule is COCCOCCOCCOP(=S)([S-])OCCOCCOCCOC.COCCOCCOCCOP(=S)([S-])OCCOCCOCCOC.[Pt+2]. The van der Waals surface area contributed by atoms with Crippen LogP contribution < -0.4 is 0 Å². The van der Waals surface area contributed by atoms with E-state index < -0.39 is 11.4 Å². The fourth-order valence-corrected chi connectivity index (χ4v) is 5.89. The Labute approximate surface area is 340 Å². The largest absolute Gasteiger partial charge is 2.00 e. The molecular weight excluding hydrogens is 978 g/mol. The first-order chi connectivity index (χ1) is 24.2. The second-order valence-electron chi connectivity index (χ2n) is 9.10. The van der Waals surface area contributed by atoms with Gasteiger partial charge in [0, 0.05) is 28.4 Å². The molecule has 0 saturated carbocycles. The molecule has 0 aliphatic heterocycles. The van der Waals surface area contributed by atoms with Gasteiger partial charge in [-0.3, -0.25) is 0 Å². The molecule has 0 amide bonds. The first-order valence-corrected chi connectivity index (χ1v) is 23.3. The zero-order chi connectivity index (χ0) is 37.3. The summed E-state index contributed by atoms with van der Waals surface area (Å²) >= 11 is 20.5. The molecule has 0 N–H and O–H groups in total. The molecule has 0 aliphatic rings. The van der Waals surface area contributed by atoms with Crippen molar-refractivity contribution in [2.24, 2.45) is 0 Å². The molecule has 23 heteroatoms. The summed E-state index contributed by atoms with van der Waals surface area (Å²) in [5.74, 6) is 0. The van der Waals surface area contributed by atoms with Crippen molar-refractivity contribution in [3.63, 3.8) is 0 Å². The summed E-state index contributed by atoms with van der Waals surface area (Å²) in [4.78, 5) is 0. The second-order valence-corrected chi connectivity index (χ2v) is 19.1. The van der Waals surface area contributed by atoms with Gasteiger partial charge in [-0.1, -0.05) is 23.6 Å². The van der Waals surface area contributed by atoms with Gasteiger partial charge in [-0.25, -0.2) is 0 Å². The van der Waals surface area contributed by atoms with Crippen LogP contribution in [-0.4, -0.2) is 187 Å². The number of hydrogen-bond donors (Lipinski definition) is 0. The molecule has 0 aliphatic carbocycles. The van der Waals surface area contributed by atoms with Crippen molar-refractivity contribution in [1.29, 1.82) is 0 Å². The molecule has 0 fully saturated rings. The van der Waals surface area contributed by atoms with Crippen LogP contribution >= 0.6 is 11.4 Å². The molecule has 0 atom stereocenters. The summed E-state index contributed by atoms with van der Waals surface area (Å²) in [6.07, 6.45) is 0. The van der Waals surface area contributed by atoms with Crippen LogP contribution in [0.5, 0.6) is 0 Å².